The van der Waals surface area contributed by atoms with Crippen molar-refractivity contribution in [1.29, 1.82) is 0 Å². The number of halogens is 4. The van der Waals surface area contributed by atoms with Crippen molar-refractivity contribution in [2.24, 2.45) is 0 Å². The number of hydrogen-bond acceptors (Lipinski definition) is 1. The minimum atomic E-state index is -0.691. The number of aromatic nitrogens is 1. The van der Waals surface area contributed by atoms with E-state index in [1.165, 1.54) is 18.3 Å². The van der Waals surface area contributed by atoms with Crippen LogP contribution in [0.15, 0.2) is 30.5 Å². The fourth-order valence-electron chi connectivity index (χ4n) is 1.33. The van der Waals surface area contributed by atoms with Gasteiger partial charge in [0.1, 0.15) is 16.8 Å². The molecule has 5 heteroatoms. The average molecular weight is 260 g/mol. The molecule has 0 N–H and O–H groups in total. The maximum atomic E-state index is 13.5. The lowest BCUT2D eigenvalue weighted by Gasteiger charge is -2.05. The van der Waals surface area contributed by atoms with Gasteiger partial charge in [0.2, 0.25) is 0 Å². The number of benzene rings is 1. The quantitative estimate of drug-likeness (QED) is 0.695. The molecule has 0 aliphatic carbocycles. The Balaban J connectivity index is 2.62. The lowest BCUT2D eigenvalue weighted by atomic mass is 10.1. The van der Waals surface area contributed by atoms with E-state index in [1.54, 1.807) is 0 Å². The second-order valence-corrected chi connectivity index (χ2v) is 3.91. The minimum absolute atomic E-state index is 0.190. The lowest BCUT2D eigenvalue weighted by molar-refractivity contribution is 0.585. The molecule has 0 saturated heterocycles. The zero-order chi connectivity index (χ0) is 11.7. The van der Waals surface area contributed by atoms with Crippen LogP contribution >= 0.6 is 23.2 Å². The molecule has 1 heterocycles. The molecule has 0 atom stereocenters. The normalized spacial score (nSPS) is 10.5. The Bertz CT molecular complexity index is 544. The van der Waals surface area contributed by atoms with Gasteiger partial charge in [-0.1, -0.05) is 23.2 Å². The van der Waals surface area contributed by atoms with Gasteiger partial charge in [-0.3, -0.25) is 0 Å². The van der Waals surface area contributed by atoms with Gasteiger partial charge in [0.15, 0.2) is 0 Å². The molecule has 2 rings (SSSR count). The highest BCUT2D eigenvalue weighted by Crippen LogP contribution is 2.31. The summed E-state index contributed by atoms with van der Waals surface area (Å²) in [5, 5.41) is 0.457. The topological polar surface area (TPSA) is 12.9 Å². The minimum Gasteiger partial charge on any atom is -0.243 e. The number of nitrogens with zero attached hydrogens (tertiary/aromatic N) is 1. The summed E-state index contributed by atoms with van der Waals surface area (Å²) >= 11 is 11.5. The molecule has 0 fully saturated rings. The first kappa shape index (κ1) is 11.3. The fourth-order valence-corrected chi connectivity index (χ4v) is 1.69. The van der Waals surface area contributed by atoms with Gasteiger partial charge >= 0.3 is 0 Å². The van der Waals surface area contributed by atoms with Crippen LogP contribution in [0.3, 0.4) is 0 Å². The van der Waals surface area contributed by atoms with Crippen LogP contribution < -0.4 is 0 Å². The van der Waals surface area contributed by atoms with Gasteiger partial charge in [-0.05, 0) is 18.2 Å². The van der Waals surface area contributed by atoms with Crippen molar-refractivity contribution < 1.29 is 8.78 Å². The Labute approximate surface area is 101 Å². The van der Waals surface area contributed by atoms with Crippen LogP contribution in [0, 0.1) is 11.6 Å². The van der Waals surface area contributed by atoms with Crippen LogP contribution in [0.25, 0.3) is 11.1 Å². The Hall–Kier alpha value is -1.19. The molecule has 1 nitrogen and oxygen atoms in total. The van der Waals surface area contributed by atoms with Crippen molar-refractivity contribution in [2.75, 3.05) is 0 Å². The van der Waals surface area contributed by atoms with Crippen molar-refractivity contribution in [1.82, 2.24) is 4.98 Å². The van der Waals surface area contributed by atoms with Crippen LogP contribution in [-0.2, 0) is 0 Å². The number of pyridine rings is 1. The van der Waals surface area contributed by atoms with E-state index in [9.17, 15) is 8.78 Å². The summed E-state index contributed by atoms with van der Waals surface area (Å²) in [6.45, 7) is 0. The fraction of sp³-hybridized carbons (Fsp3) is 0. The molecule has 82 valence electrons. The predicted octanol–water partition coefficient (Wildman–Crippen LogP) is 4.33. The molecule has 16 heavy (non-hydrogen) atoms. The Kier molecular flexibility index (Phi) is 3.08. The van der Waals surface area contributed by atoms with E-state index in [1.807, 2.05) is 0 Å². The zero-order valence-corrected chi connectivity index (χ0v) is 9.36. The molecule has 1 aromatic heterocycles. The van der Waals surface area contributed by atoms with E-state index in [2.05, 4.69) is 4.98 Å². The maximum Gasteiger partial charge on any atom is 0.133 e. The van der Waals surface area contributed by atoms with E-state index >= 15 is 0 Å². The third kappa shape index (κ3) is 2.15. The Morgan fingerprint density at radius 1 is 1.00 bits per heavy atom. The summed E-state index contributed by atoms with van der Waals surface area (Å²) < 4.78 is 26.2. The van der Waals surface area contributed by atoms with E-state index in [0.29, 0.717) is 5.56 Å². The third-order valence-corrected chi connectivity index (χ3v) is 2.55. The Morgan fingerprint density at radius 3 is 2.44 bits per heavy atom. The first-order chi connectivity index (χ1) is 7.58. The summed E-state index contributed by atoms with van der Waals surface area (Å²) in [5.41, 5.74) is 0.579. The molecule has 2 aromatic rings. The highest BCUT2D eigenvalue weighted by atomic mass is 35.5. The van der Waals surface area contributed by atoms with Crippen molar-refractivity contribution in [3.8, 4) is 11.1 Å². The van der Waals surface area contributed by atoms with E-state index in [-0.39, 0.29) is 15.7 Å². The van der Waals surface area contributed by atoms with Crippen molar-refractivity contribution in [3.05, 3.63) is 52.3 Å². The molecule has 0 radical (unpaired) electrons. The SMILES string of the molecule is Fc1ccc(-c2cc(Cl)ncc2Cl)c(F)c1. The van der Waals surface area contributed by atoms with Gasteiger partial charge < -0.3 is 0 Å². The summed E-state index contributed by atoms with van der Waals surface area (Å²) in [5.74, 6) is -1.33. The summed E-state index contributed by atoms with van der Waals surface area (Å²) in [7, 11) is 0. The number of hydrogen-bond donors (Lipinski definition) is 0. The average Bonchev–Trinajstić information content (AvgIpc) is 2.22. The van der Waals surface area contributed by atoms with E-state index < -0.39 is 11.6 Å². The van der Waals surface area contributed by atoms with Gasteiger partial charge in [0.05, 0.1) is 5.02 Å². The largest absolute Gasteiger partial charge is 0.243 e. The highest BCUT2D eigenvalue weighted by Gasteiger charge is 2.10. The molecule has 0 aliphatic rings. The van der Waals surface area contributed by atoms with Crippen LogP contribution in [0.1, 0.15) is 0 Å². The van der Waals surface area contributed by atoms with Crippen molar-refractivity contribution in [2.45, 2.75) is 0 Å². The van der Waals surface area contributed by atoms with Gasteiger partial charge in [-0.2, -0.15) is 0 Å². The summed E-state index contributed by atoms with van der Waals surface area (Å²) in [4.78, 5) is 3.75. The number of rotatable bonds is 1. The summed E-state index contributed by atoms with van der Waals surface area (Å²) in [6.07, 6.45) is 1.32. The predicted molar refractivity (Wildman–Crippen MR) is 59.6 cm³/mol. The molecule has 0 bridgehead atoms. The smallest absolute Gasteiger partial charge is 0.133 e. The van der Waals surface area contributed by atoms with E-state index in [0.717, 1.165) is 12.1 Å². The molecule has 0 aliphatic heterocycles. The van der Waals surface area contributed by atoms with Crippen LogP contribution in [-0.4, -0.2) is 4.98 Å². The molecule has 1 aromatic carbocycles. The molecule has 0 spiro atoms. The maximum absolute atomic E-state index is 13.5. The van der Waals surface area contributed by atoms with E-state index in [4.69, 9.17) is 23.2 Å². The van der Waals surface area contributed by atoms with Crippen LogP contribution in [0.5, 0.6) is 0 Å². The molecular weight excluding hydrogens is 255 g/mol. The second-order valence-electron chi connectivity index (χ2n) is 3.11. The van der Waals surface area contributed by atoms with Crippen molar-refractivity contribution in [3.63, 3.8) is 0 Å². The molecular formula is C11H5Cl2F2N. The molecule has 0 saturated carbocycles. The van der Waals surface area contributed by atoms with Gasteiger partial charge in [0, 0.05) is 23.4 Å². The van der Waals surface area contributed by atoms with Crippen LogP contribution in [0.4, 0.5) is 8.78 Å². The van der Waals surface area contributed by atoms with Gasteiger partial charge in [-0.25, -0.2) is 13.8 Å². The highest BCUT2D eigenvalue weighted by molar-refractivity contribution is 6.34. The first-order valence-electron chi connectivity index (χ1n) is 4.34. The second kappa shape index (κ2) is 4.36. The van der Waals surface area contributed by atoms with Crippen LogP contribution in [0.2, 0.25) is 10.2 Å². The molecule has 0 unspecified atom stereocenters. The van der Waals surface area contributed by atoms with Crippen molar-refractivity contribution >= 4 is 23.2 Å². The molecule has 0 amide bonds. The van der Waals surface area contributed by atoms with Gasteiger partial charge in [-0.15, -0.1) is 0 Å². The first-order valence-corrected chi connectivity index (χ1v) is 5.10. The Morgan fingerprint density at radius 2 is 1.75 bits per heavy atom. The van der Waals surface area contributed by atoms with Gasteiger partial charge in [0.25, 0.3) is 0 Å². The standard InChI is InChI=1S/C11H5Cl2F2N/c12-9-5-16-11(13)4-8(9)7-2-1-6(14)3-10(7)15/h1-5H. The lowest BCUT2D eigenvalue weighted by Crippen LogP contribution is -1.88. The summed E-state index contributed by atoms with van der Waals surface area (Å²) in [6, 6.07) is 4.69. The monoisotopic (exact) mass is 259 g/mol. The zero-order valence-electron chi connectivity index (χ0n) is 7.85. The third-order valence-electron chi connectivity index (χ3n) is 2.04.